The van der Waals surface area contributed by atoms with Crippen LogP contribution in [-0.2, 0) is 45.8 Å². The van der Waals surface area contributed by atoms with Crippen molar-refractivity contribution < 1.29 is 43.5 Å². The zero-order chi connectivity index (χ0) is 41.9. The molecule has 1 saturated carbocycles. The summed E-state index contributed by atoms with van der Waals surface area (Å²) < 4.78 is 24.0. The van der Waals surface area contributed by atoms with Crippen LogP contribution in [0.25, 0.3) is 10.9 Å². The molecule has 1 aromatic heterocycles. The third kappa shape index (κ3) is 5.26. The number of para-hydroxylation sites is 1. The molecule has 10 atom stereocenters. The summed E-state index contributed by atoms with van der Waals surface area (Å²) in [5, 5.41) is 26.4. The Morgan fingerprint density at radius 3 is 2.37 bits per heavy atom. The van der Waals surface area contributed by atoms with Crippen LogP contribution in [0.15, 0.2) is 36.4 Å². The fourth-order valence-corrected chi connectivity index (χ4v) is 14.0. The highest BCUT2D eigenvalue weighted by atomic mass is 16.6. The molecule has 3 aromatic rings. The zero-order valence-electron chi connectivity index (χ0n) is 35.6. The topological polar surface area (TPSA) is 154 Å². The number of methoxy groups -OCH3 is 3. The maximum absolute atomic E-state index is 15.3. The number of H-pyrrole nitrogens is 1. The van der Waals surface area contributed by atoms with Crippen LogP contribution in [0.3, 0.4) is 0 Å². The van der Waals surface area contributed by atoms with E-state index in [4.69, 9.17) is 18.9 Å². The second kappa shape index (κ2) is 13.9. The van der Waals surface area contributed by atoms with Crippen molar-refractivity contribution in [1.29, 1.82) is 0 Å². The Bertz CT molecular complexity index is 2210. The summed E-state index contributed by atoms with van der Waals surface area (Å²) in [5.74, 6) is -1.46. The maximum atomic E-state index is 15.3. The Morgan fingerprint density at radius 2 is 1.68 bits per heavy atom. The Hall–Kier alpha value is -4.17. The lowest BCUT2D eigenvalue weighted by molar-refractivity contribution is -0.242. The van der Waals surface area contributed by atoms with E-state index in [0.29, 0.717) is 82.4 Å². The van der Waals surface area contributed by atoms with Gasteiger partial charge in [0, 0.05) is 84.4 Å². The van der Waals surface area contributed by atoms with Gasteiger partial charge in [0.1, 0.15) is 11.2 Å². The maximum Gasteiger partial charge on any atom is 0.344 e. The second-order valence-corrected chi connectivity index (χ2v) is 18.6. The number of hydrogen-bond donors (Lipinski definition) is 3. The van der Waals surface area contributed by atoms with E-state index < -0.39 is 57.5 Å². The molecule has 0 radical (unpaired) electrons. The predicted molar refractivity (Wildman–Crippen MR) is 221 cm³/mol. The monoisotopic (exact) mass is 812 g/mol. The van der Waals surface area contributed by atoms with Gasteiger partial charge < -0.3 is 39.0 Å². The summed E-state index contributed by atoms with van der Waals surface area (Å²) in [5.41, 5.74) is -1.22. The first-order valence-corrected chi connectivity index (χ1v) is 21.5. The standard InChI is InChI=1S/C46H60N4O9/c1-8-42(54)23-28-24-45(40(52)57-6,36-30(15-19-49(25-28)26-42)29-13-10-11-14-33(29)47-36)32-21-31-34(22-35(32)56-5)48(4)38-44(31)17-20-50-18-12-16-43(9-2,37(44)50)39(59-27(3)51)46(38,55)41(53)58-7/h10-11,13-14,21-22,28,37-39,47,54-55H,8-9,12,15-20,23-26H2,1-7H3/t28-,37-,38+,39+,42+,43+,44+,45-,46-/m0/s1. The fraction of sp³-hybridized carbons (Fsp3) is 0.630. The summed E-state index contributed by atoms with van der Waals surface area (Å²) in [7, 11) is 6.21. The summed E-state index contributed by atoms with van der Waals surface area (Å²) in [6.45, 7) is 8.96. The largest absolute Gasteiger partial charge is 0.496 e. The van der Waals surface area contributed by atoms with E-state index in [9.17, 15) is 19.8 Å². The summed E-state index contributed by atoms with van der Waals surface area (Å²) in [6.07, 6.45) is 3.54. The molecule has 4 fully saturated rings. The molecule has 59 heavy (non-hydrogen) atoms. The van der Waals surface area contributed by atoms with Gasteiger partial charge in [0.2, 0.25) is 5.60 Å². The quantitative estimate of drug-likeness (QED) is 0.232. The van der Waals surface area contributed by atoms with Crippen LogP contribution < -0.4 is 9.64 Å². The van der Waals surface area contributed by atoms with Crippen LogP contribution in [-0.4, -0.2) is 133 Å². The minimum Gasteiger partial charge on any atom is -0.496 e. The number of hydrogen-bond acceptors (Lipinski definition) is 12. The van der Waals surface area contributed by atoms with Gasteiger partial charge in [-0.2, -0.15) is 0 Å². The zero-order valence-corrected chi connectivity index (χ0v) is 35.6. The van der Waals surface area contributed by atoms with Crippen LogP contribution in [0, 0.1) is 11.3 Å². The highest BCUT2D eigenvalue weighted by molar-refractivity contribution is 5.95. The molecule has 2 aromatic carbocycles. The van der Waals surface area contributed by atoms with Crippen molar-refractivity contribution in [2.24, 2.45) is 11.3 Å². The van der Waals surface area contributed by atoms with Gasteiger partial charge in [-0.25, -0.2) is 4.79 Å². The third-order valence-corrected chi connectivity index (χ3v) is 16.0. The Kier molecular flexibility index (Phi) is 9.51. The first-order chi connectivity index (χ1) is 28.2. The lowest BCUT2D eigenvalue weighted by Gasteiger charge is -2.65. The van der Waals surface area contributed by atoms with E-state index in [-0.39, 0.29) is 12.0 Å². The van der Waals surface area contributed by atoms with Crippen LogP contribution in [0.5, 0.6) is 5.75 Å². The number of benzene rings is 2. The molecule has 6 aliphatic rings. The summed E-state index contributed by atoms with van der Waals surface area (Å²) >= 11 is 0. The van der Waals surface area contributed by atoms with Gasteiger partial charge >= 0.3 is 17.9 Å². The molecular weight excluding hydrogens is 753 g/mol. The van der Waals surface area contributed by atoms with Crippen molar-refractivity contribution in [3.05, 3.63) is 58.8 Å². The smallest absolute Gasteiger partial charge is 0.344 e. The minimum absolute atomic E-state index is 0.0895. The highest BCUT2D eigenvalue weighted by Gasteiger charge is 2.81. The molecule has 13 heteroatoms. The van der Waals surface area contributed by atoms with Crippen molar-refractivity contribution in [3.63, 3.8) is 0 Å². The van der Waals surface area contributed by atoms with E-state index in [1.165, 1.54) is 21.1 Å². The molecule has 1 unspecified atom stereocenters. The number of esters is 3. The first-order valence-electron chi connectivity index (χ1n) is 21.5. The highest BCUT2D eigenvalue weighted by Crippen LogP contribution is 2.69. The minimum atomic E-state index is -2.25. The number of aromatic amines is 1. The van der Waals surface area contributed by atoms with Gasteiger partial charge in [0.05, 0.1) is 33.0 Å². The molecule has 3 N–H and O–H groups in total. The number of nitrogens with one attached hydrogen (secondary N) is 1. The Balaban J connectivity index is 1.36. The van der Waals surface area contributed by atoms with Crippen molar-refractivity contribution in [2.45, 2.75) is 112 Å². The molecule has 318 valence electrons. The Labute approximate surface area is 346 Å². The van der Waals surface area contributed by atoms with Crippen LogP contribution >= 0.6 is 0 Å². The van der Waals surface area contributed by atoms with Crippen molar-refractivity contribution in [3.8, 4) is 5.75 Å². The van der Waals surface area contributed by atoms with E-state index in [1.54, 1.807) is 7.11 Å². The second-order valence-electron chi connectivity index (χ2n) is 18.6. The molecule has 6 heterocycles. The number of ether oxygens (including phenoxy) is 4. The van der Waals surface area contributed by atoms with Gasteiger partial charge in [-0.3, -0.25) is 19.4 Å². The lowest BCUT2D eigenvalue weighted by atomic mass is 9.46. The molecule has 0 amide bonds. The van der Waals surface area contributed by atoms with Crippen LogP contribution in [0.1, 0.15) is 88.1 Å². The third-order valence-electron chi connectivity index (χ3n) is 16.0. The number of anilines is 1. The van der Waals surface area contributed by atoms with Gasteiger partial charge in [0.15, 0.2) is 6.10 Å². The number of carbonyl (C=O) groups is 3. The van der Waals surface area contributed by atoms with E-state index in [2.05, 4.69) is 33.8 Å². The van der Waals surface area contributed by atoms with Gasteiger partial charge in [0.25, 0.3) is 0 Å². The van der Waals surface area contributed by atoms with Crippen molar-refractivity contribution in [1.82, 2.24) is 14.8 Å². The molecule has 13 nitrogen and oxygen atoms in total. The normalized spacial score (nSPS) is 37.2. The molecule has 3 saturated heterocycles. The van der Waals surface area contributed by atoms with Gasteiger partial charge in [-0.1, -0.05) is 32.0 Å². The number of nitrogens with zero attached hydrogens (tertiary/aromatic N) is 3. The molecule has 5 aliphatic heterocycles. The van der Waals surface area contributed by atoms with E-state index >= 15 is 4.79 Å². The number of likely N-dealkylation sites (N-methyl/N-ethyl adjacent to an activating group) is 1. The fourth-order valence-electron chi connectivity index (χ4n) is 14.0. The van der Waals surface area contributed by atoms with Crippen LogP contribution in [0.2, 0.25) is 0 Å². The molecule has 9 rings (SSSR count). The van der Waals surface area contributed by atoms with Gasteiger partial charge in [-0.05, 0) is 93.6 Å². The lowest BCUT2D eigenvalue weighted by Crippen LogP contribution is -2.82. The summed E-state index contributed by atoms with van der Waals surface area (Å²) in [4.78, 5) is 53.3. The number of aliphatic hydroxyl groups is 2. The predicted octanol–water partition coefficient (Wildman–Crippen LogP) is 4.21. The average molecular weight is 813 g/mol. The van der Waals surface area contributed by atoms with Crippen molar-refractivity contribution >= 4 is 34.5 Å². The molecule has 1 spiro atoms. The van der Waals surface area contributed by atoms with Gasteiger partial charge in [-0.15, -0.1) is 0 Å². The molecular formula is C46H60N4O9. The van der Waals surface area contributed by atoms with E-state index in [1.807, 2.05) is 43.1 Å². The summed E-state index contributed by atoms with van der Waals surface area (Å²) in [6, 6.07) is 11.1. The first kappa shape index (κ1) is 40.2. The molecule has 2 bridgehead atoms. The number of piperidine rings is 2. The SMILES string of the molecule is CC[C@@]1(O)C[C@@H]2CN(CCc3c([nH]c4ccccc34)[C@@](C(=O)OC)(c3cc4c(cc3OC)N(C)[C@H]3[C@@](O)(C(=O)OC)[C@H](OC(C)=O)[C@]5(CC)CCCN6CC[C@]43[C@@H]65)C2)C1. The molecule has 1 aliphatic carbocycles. The van der Waals surface area contributed by atoms with E-state index in [0.717, 1.165) is 46.4 Å². The van der Waals surface area contributed by atoms with Crippen molar-refractivity contribution in [2.75, 3.05) is 66.0 Å². The number of aromatic nitrogens is 1. The number of fused-ring (bicyclic) bond motifs is 6. The number of rotatable bonds is 7. The average Bonchev–Trinajstić information content (AvgIpc) is 3.90. The van der Waals surface area contributed by atoms with Crippen LogP contribution in [0.4, 0.5) is 5.69 Å². The Morgan fingerprint density at radius 1 is 0.915 bits per heavy atom. The number of carbonyl (C=O) groups excluding carboxylic acids is 3.